The maximum absolute atomic E-state index is 12.2. The van der Waals surface area contributed by atoms with Crippen LogP contribution in [0.2, 0.25) is 0 Å². The van der Waals surface area contributed by atoms with Gasteiger partial charge >= 0.3 is 6.61 Å². The molecule has 3 rings (SSSR count). The van der Waals surface area contributed by atoms with E-state index < -0.39 is 6.61 Å². The van der Waals surface area contributed by atoms with Gasteiger partial charge in [0.2, 0.25) is 5.88 Å². The first kappa shape index (κ1) is 15.8. The van der Waals surface area contributed by atoms with Crippen molar-refractivity contribution >= 4 is 12.1 Å². The zero-order valence-corrected chi connectivity index (χ0v) is 12.9. The molecule has 1 saturated carbocycles. The minimum atomic E-state index is -2.87. The monoisotopic (exact) mass is 331 g/mol. The molecule has 1 unspecified atom stereocenters. The van der Waals surface area contributed by atoms with Crippen LogP contribution in [0.3, 0.4) is 0 Å². The van der Waals surface area contributed by atoms with Crippen LogP contribution >= 0.6 is 12.1 Å². The summed E-state index contributed by atoms with van der Waals surface area (Å²) in [4.78, 5) is 3.72. The molecular weight excluding hydrogens is 312 g/mol. The van der Waals surface area contributed by atoms with Crippen LogP contribution in [0.5, 0.6) is 11.6 Å². The SMILES string of the molecule is NSN1CCC2(CC1)CC2COc1ccnc(OC(F)F)c1. The molecule has 22 heavy (non-hydrogen) atoms. The van der Waals surface area contributed by atoms with E-state index in [1.165, 1.54) is 30.8 Å². The minimum absolute atomic E-state index is 0.119. The molecule has 8 heteroatoms. The normalized spacial score (nSPS) is 23.7. The van der Waals surface area contributed by atoms with Gasteiger partial charge < -0.3 is 9.47 Å². The van der Waals surface area contributed by atoms with Gasteiger partial charge in [-0.15, -0.1) is 0 Å². The van der Waals surface area contributed by atoms with Gasteiger partial charge in [0.15, 0.2) is 0 Å². The van der Waals surface area contributed by atoms with Gasteiger partial charge in [-0.2, -0.15) is 8.78 Å². The molecule has 2 N–H and O–H groups in total. The number of piperidine rings is 1. The van der Waals surface area contributed by atoms with Crippen LogP contribution in [0.4, 0.5) is 8.78 Å². The number of nitrogens with two attached hydrogens (primary N) is 1. The average Bonchev–Trinajstić information content (AvgIpc) is 3.18. The van der Waals surface area contributed by atoms with Crippen LogP contribution in [0, 0.1) is 11.3 Å². The molecule has 1 atom stereocenters. The molecule has 1 aromatic rings. The fourth-order valence-electron chi connectivity index (χ4n) is 3.15. The first-order valence-electron chi connectivity index (χ1n) is 7.27. The number of aromatic nitrogens is 1. The van der Waals surface area contributed by atoms with Gasteiger partial charge in [0, 0.05) is 37.5 Å². The summed E-state index contributed by atoms with van der Waals surface area (Å²) in [6, 6.07) is 3.05. The number of halogens is 2. The lowest BCUT2D eigenvalue weighted by Crippen LogP contribution is -2.32. The molecule has 5 nitrogen and oxygen atoms in total. The number of ether oxygens (including phenoxy) is 2. The summed E-state index contributed by atoms with van der Waals surface area (Å²) in [6.07, 6.45) is 4.86. The molecular formula is C14H19F2N3O2S. The van der Waals surface area contributed by atoms with E-state index in [0.29, 0.717) is 23.7 Å². The summed E-state index contributed by atoms with van der Waals surface area (Å²) >= 11 is 1.31. The van der Waals surface area contributed by atoms with Crippen LogP contribution in [-0.4, -0.2) is 35.6 Å². The number of pyridine rings is 1. The van der Waals surface area contributed by atoms with E-state index in [0.717, 1.165) is 25.9 Å². The van der Waals surface area contributed by atoms with Crippen LogP contribution in [0.15, 0.2) is 18.3 Å². The lowest BCUT2D eigenvalue weighted by Gasteiger charge is -2.30. The van der Waals surface area contributed by atoms with Gasteiger partial charge in [-0.1, -0.05) is 0 Å². The summed E-state index contributed by atoms with van der Waals surface area (Å²) in [6.45, 7) is -0.244. The van der Waals surface area contributed by atoms with Crippen molar-refractivity contribution in [3.63, 3.8) is 0 Å². The van der Waals surface area contributed by atoms with E-state index in [1.807, 2.05) is 0 Å². The Morgan fingerprint density at radius 1 is 1.45 bits per heavy atom. The zero-order chi connectivity index (χ0) is 15.6. The second-order valence-electron chi connectivity index (χ2n) is 5.82. The van der Waals surface area contributed by atoms with E-state index in [4.69, 9.17) is 9.88 Å². The van der Waals surface area contributed by atoms with Crippen molar-refractivity contribution < 1.29 is 18.3 Å². The van der Waals surface area contributed by atoms with Crippen molar-refractivity contribution in [3.05, 3.63) is 18.3 Å². The quantitative estimate of drug-likeness (QED) is 0.809. The Balaban J connectivity index is 1.48. The minimum Gasteiger partial charge on any atom is -0.493 e. The predicted octanol–water partition coefficient (Wildman–Crippen LogP) is 2.69. The molecule has 1 aliphatic carbocycles. The maximum Gasteiger partial charge on any atom is 0.388 e. The van der Waals surface area contributed by atoms with Gasteiger partial charge in [-0.3, -0.25) is 5.14 Å². The molecule has 1 spiro atoms. The Morgan fingerprint density at radius 2 is 2.23 bits per heavy atom. The number of nitrogens with zero attached hydrogens (tertiary/aromatic N) is 2. The van der Waals surface area contributed by atoms with Gasteiger partial charge in [0.1, 0.15) is 5.75 Å². The lowest BCUT2D eigenvalue weighted by molar-refractivity contribution is -0.0529. The third-order valence-electron chi connectivity index (χ3n) is 4.59. The van der Waals surface area contributed by atoms with Gasteiger partial charge in [-0.25, -0.2) is 9.29 Å². The maximum atomic E-state index is 12.2. The number of rotatable bonds is 6. The van der Waals surface area contributed by atoms with Crippen molar-refractivity contribution in [3.8, 4) is 11.6 Å². The van der Waals surface area contributed by atoms with Gasteiger partial charge in [-0.05, 0) is 36.7 Å². The Kier molecular flexibility index (Phi) is 4.70. The smallest absolute Gasteiger partial charge is 0.388 e. The largest absolute Gasteiger partial charge is 0.493 e. The van der Waals surface area contributed by atoms with Crippen LogP contribution in [0.25, 0.3) is 0 Å². The molecule has 0 aromatic carbocycles. The standard InChI is InChI=1S/C14H19F2N3O2S/c15-13(16)21-12-7-11(1-4-18-12)20-9-10-8-14(10)2-5-19(22-17)6-3-14/h1,4,7,10,13H,2-3,5-6,8-9,17H2. The van der Waals surface area contributed by atoms with Gasteiger partial charge in [0.25, 0.3) is 0 Å². The molecule has 1 aromatic heterocycles. The van der Waals surface area contributed by atoms with Crippen molar-refractivity contribution in [1.82, 2.24) is 9.29 Å². The van der Waals surface area contributed by atoms with E-state index in [1.54, 1.807) is 6.07 Å². The molecule has 2 aliphatic rings. The van der Waals surface area contributed by atoms with E-state index in [-0.39, 0.29) is 5.88 Å². The summed E-state index contributed by atoms with van der Waals surface area (Å²) < 4.78 is 36.5. The number of hydrogen-bond donors (Lipinski definition) is 1. The molecule has 2 fully saturated rings. The summed E-state index contributed by atoms with van der Waals surface area (Å²) in [5, 5.41) is 5.58. The van der Waals surface area contributed by atoms with Crippen molar-refractivity contribution in [2.45, 2.75) is 25.9 Å². The number of alkyl halides is 2. The Labute approximate surface area is 132 Å². The van der Waals surface area contributed by atoms with E-state index >= 15 is 0 Å². The molecule has 0 radical (unpaired) electrons. The summed E-state index contributed by atoms with van der Waals surface area (Å²) in [7, 11) is 0. The van der Waals surface area contributed by atoms with Crippen LogP contribution in [-0.2, 0) is 0 Å². The fraction of sp³-hybridized carbons (Fsp3) is 0.643. The predicted molar refractivity (Wildman–Crippen MR) is 79.5 cm³/mol. The third-order valence-corrected chi connectivity index (χ3v) is 5.26. The Bertz CT molecular complexity index is 513. The highest BCUT2D eigenvalue weighted by Crippen LogP contribution is 2.59. The van der Waals surface area contributed by atoms with Gasteiger partial charge in [0.05, 0.1) is 6.61 Å². The van der Waals surface area contributed by atoms with E-state index in [2.05, 4.69) is 14.0 Å². The summed E-state index contributed by atoms with van der Waals surface area (Å²) in [5.41, 5.74) is 0.390. The van der Waals surface area contributed by atoms with Crippen molar-refractivity contribution in [2.75, 3.05) is 19.7 Å². The molecule has 1 saturated heterocycles. The third kappa shape index (κ3) is 3.61. The zero-order valence-electron chi connectivity index (χ0n) is 12.1. The highest BCUT2D eigenvalue weighted by Gasteiger charge is 2.54. The molecule has 0 bridgehead atoms. The van der Waals surface area contributed by atoms with E-state index in [9.17, 15) is 8.78 Å². The Hall–Kier alpha value is -1.12. The highest BCUT2D eigenvalue weighted by molar-refractivity contribution is 7.94. The Morgan fingerprint density at radius 3 is 2.91 bits per heavy atom. The van der Waals surface area contributed by atoms with Crippen molar-refractivity contribution in [1.29, 1.82) is 0 Å². The van der Waals surface area contributed by atoms with Crippen LogP contribution in [0.1, 0.15) is 19.3 Å². The second-order valence-corrected chi connectivity index (χ2v) is 6.54. The average molecular weight is 331 g/mol. The fourth-order valence-corrected chi connectivity index (χ4v) is 3.54. The lowest BCUT2D eigenvalue weighted by atomic mass is 9.92. The highest BCUT2D eigenvalue weighted by atomic mass is 32.2. The first-order chi connectivity index (χ1) is 10.6. The molecule has 122 valence electrons. The number of hydrogen-bond acceptors (Lipinski definition) is 6. The van der Waals surface area contributed by atoms with Crippen LogP contribution < -0.4 is 14.6 Å². The first-order valence-corrected chi connectivity index (χ1v) is 8.10. The molecule has 1 aliphatic heterocycles. The molecule has 0 amide bonds. The second kappa shape index (κ2) is 6.55. The summed E-state index contributed by atoms with van der Waals surface area (Å²) in [5.74, 6) is 0.930. The molecule has 2 heterocycles. The topological polar surface area (TPSA) is 60.6 Å². The van der Waals surface area contributed by atoms with Crippen molar-refractivity contribution in [2.24, 2.45) is 16.5 Å².